The maximum absolute atomic E-state index is 15.9. The van der Waals surface area contributed by atoms with Gasteiger partial charge in [0.15, 0.2) is 5.84 Å². The Bertz CT molecular complexity index is 2870. The second-order valence-corrected chi connectivity index (χ2v) is 15.7. The molecular weight excluding hydrogens is 781 g/mol. The van der Waals surface area contributed by atoms with E-state index in [0.29, 0.717) is 47.2 Å². The summed E-state index contributed by atoms with van der Waals surface area (Å²) in [6, 6.07) is 56.6. The van der Waals surface area contributed by atoms with Gasteiger partial charge >= 0.3 is 0 Å². The summed E-state index contributed by atoms with van der Waals surface area (Å²) in [5, 5.41) is 0. The van der Waals surface area contributed by atoms with E-state index in [0.717, 1.165) is 51.6 Å². The van der Waals surface area contributed by atoms with E-state index in [9.17, 15) is 0 Å². The summed E-state index contributed by atoms with van der Waals surface area (Å²) in [4.78, 5) is 17.2. The van der Waals surface area contributed by atoms with Crippen LogP contribution in [0.2, 0.25) is 0 Å². The number of allylic oxidation sites excluding steroid dienone is 3. The number of halogens is 2. The van der Waals surface area contributed by atoms with Gasteiger partial charge in [0, 0.05) is 48.4 Å². The standard InChI is InChI=1S/C56H47F2N5/c1-3-51(44-28-24-42(25-29-44)40-17-7-4-8-18-40)60-54(46-21-11-6-12-22-46)59-34-14-13-23-48-39-56(57,58)50-37-47(32-33-49(48)50)52-38-53(62(2)55(61-52)63-35-15-16-36-63)45-30-26-43(27-31-45)41-19-9-5-10-20-41/h4-13,15-33,35-39,53H,3,14,34H2,1-2H3/b23-13-,59-54-,60-51+. The first kappa shape index (κ1) is 40.9. The molecule has 0 saturated heterocycles. The molecule has 0 radical (unpaired) electrons. The van der Waals surface area contributed by atoms with Gasteiger partial charge in [-0.15, -0.1) is 0 Å². The number of fused-ring (bicyclic) bond motifs is 1. The van der Waals surface area contributed by atoms with E-state index in [1.165, 1.54) is 5.56 Å². The van der Waals surface area contributed by atoms with Crippen molar-refractivity contribution in [2.75, 3.05) is 13.6 Å². The van der Waals surface area contributed by atoms with Crippen LogP contribution < -0.4 is 0 Å². The van der Waals surface area contributed by atoms with Gasteiger partial charge in [-0.1, -0.05) is 171 Å². The Morgan fingerprint density at radius 3 is 1.90 bits per heavy atom. The first-order chi connectivity index (χ1) is 30.8. The predicted octanol–water partition coefficient (Wildman–Crippen LogP) is 13.5. The molecular formula is C56H47F2N5. The number of amidine groups is 1. The Balaban J connectivity index is 0.942. The van der Waals surface area contributed by atoms with E-state index in [1.807, 2.05) is 115 Å². The highest BCUT2D eigenvalue weighted by Gasteiger charge is 2.38. The van der Waals surface area contributed by atoms with Gasteiger partial charge in [0.05, 0.1) is 11.7 Å². The van der Waals surface area contributed by atoms with Gasteiger partial charge in [0.25, 0.3) is 5.92 Å². The van der Waals surface area contributed by atoms with Crippen molar-refractivity contribution in [1.29, 1.82) is 0 Å². The van der Waals surface area contributed by atoms with Crippen molar-refractivity contribution in [3.05, 3.63) is 240 Å². The van der Waals surface area contributed by atoms with Gasteiger partial charge in [0.2, 0.25) is 5.96 Å². The molecule has 0 N–H and O–H groups in total. The number of nitrogens with zero attached hydrogens (tertiary/aromatic N) is 5. The molecule has 7 heteroatoms. The lowest BCUT2D eigenvalue weighted by Crippen LogP contribution is -2.37. The summed E-state index contributed by atoms with van der Waals surface area (Å²) in [6.45, 7) is 2.55. The molecule has 1 atom stereocenters. The first-order valence-electron chi connectivity index (χ1n) is 21.4. The molecule has 5 nitrogen and oxygen atoms in total. The minimum atomic E-state index is -3.14. The van der Waals surface area contributed by atoms with Crippen LogP contribution in [0.5, 0.6) is 0 Å². The lowest BCUT2D eigenvalue weighted by molar-refractivity contribution is 0.0557. The number of hydrogen-bond acceptors (Lipinski definition) is 3. The average Bonchev–Trinajstić information content (AvgIpc) is 3.97. The zero-order chi connectivity index (χ0) is 43.2. The number of aliphatic imine (C=N–C) groups is 3. The van der Waals surface area contributed by atoms with Crippen molar-refractivity contribution in [1.82, 2.24) is 9.47 Å². The van der Waals surface area contributed by atoms with Gasteiger partial charge < -0.3 is 4.90 Å². The van der Waals surface area contributed by atoms with Crippen molar-refractivity contribution in [2.24, 2.45) is 15.0 Å². The second-order valence-electron chi connectivity index (χ2n) is 15.7. The first-order valence-corrected chi connectivity index (χ1v) is 21.4. The van der Waals surface area contributed by atoms with E-state index in [-0.39, 0.29) is 11.6 Å². The number of alkyl halides is 2. The number of hydrogen-bond donors (Lipinski definition) is 0. The van der Waals surface area contributed by atoms with Gasteiger partial charge in [0.1, 0.15) is 0 Å². The zero-order valence-electron chi connectivity index (χ0n) is 35.3. The predicted molar refractivity (Wildman–Crippen MR) is 256 cm³/mol. The third-order valence-corrected chi connectivity index (χ3v) is 11.6. The van der Waals surface area contributed by atoms with Crippen LogP contribution in [-0.4, -0.2) is 40.6 Å². The fourth-order valence-electron chi connectivity index (χ4n) is 8.22. The van der Waals surface area contributed by atoms with Crippen LogP contribution in [0.15, 0.2) is 222 Å². The van der Waals surface area contributed by atoms with E-state index < -0.39 is 5.92 Å². The maximum Gasteiger partial charge on any atom is 0.293 e. The molecule has 1 aromatic heterocycles. The van der Waals surface area contributed by atoms with Crippen molar-refractivity contribution in [2.45, 2.75) is 31.7 Å². The summed E-state index contributed by atoms with van der Waals surface area (Å²) < 4.78 is 33.7. The molecule has 6 aromatic carbocycles. The molecule has 9 rings (SSSR count). The number of aromatic nitrogens is 1. The summed E-state index contributed by atoms with van der Waals surface area (Å²) >= 11 is 0. The smallest absolute Gasteiger partial charge is 0.293 e. The molecule has 2 aliphatic rings. The van der Waals surface area contributed by atoms with Crippen LogP contribution in [0.1, 0.15) is 59.2 Å². The van der Waals surface area contributed by atoms with Crippen molar-refractivity contribution < 1.29 is 8.78 Å². The molecule has 1 aliphatic heterocycles. The van der Waals surface area contributed by atoms with Gasteiger partial charge in [-0.2, -0.15) is 8.78 Å². The average molecular weight is 828 g/mol. The Morgan fingerprint density at radius 2 is 1.27 bits per heavy atom. The molecule has 7 aromatic rings. The third-order valence-electron chi connectivity index (χ3n) is 11.6. The quantitative estimate of drug-likeness (QED) is 0.0728. The largest absolute Gasteiger partial charge is 0.334 e. The summed E-state index contributed by atoms with van der Waals surface area (Å²) in [5.41, 5.74) is 10.8. The molecule has 2 heterocycles. The molecule has 63 heavy (non-hydrogen) atoms. The van der Waals surface area contributed by atoms with Crippen LogP contribution in [0, 0.1) is 0 Å². The molecule has 0 amide bonds. The normalized spacial score (nSPS) is 16.2. The fraction of sp³-hybridized carbons (Fsp3) is 0.125. The van der Waals surface area contributed by atoms with E-state index in [1.54, 1.807) is 18.2 Å². The van der Waals surface area contributed by atoms with Crippen molar-refractivity contribution in [3.8, 4) is 22.3 Å². The van der Waals surface area contributed by atoms with Crippen LogP contribution in [-0.2, 0) is 5.92 Å². The molecule has 310 valence electrons. The van der Waals surface area contributed by atoms with Crippen LogP contribution in [0.25, 0.3) is 33.5 Å². The number of likely N-dealkylation sites (N-methyl/N-ethyl adjacent to an activating group) is 1. The van der Waals surface area contributed by atoms with Gasteiger partial charge in [-0.3, -0.25) is 9.56 Å². The molecule has 0 fully saturated rings. The highest BCUT2D eigenvalue weighted by Crippen LogP contribution is 2.45. The monoisotopic (exact) mass is 827 g/mol. The molecule has 0 spiro atoms. The molecule has 1 unspecified atom stereocenters. The summed E-state index contributed by atoms with van der Waals surface area (Å²) in [6.07, 6.45) is 12.0. The van der Waals surface area contributed by atoms with Crippen LogP contribution in [0.3, 0.4) is 0 Å². The van der Waals surface area contributed by atoms with Crippen molar-refractivity contribution >= 4 is 28.8 Å². The van der Waals surface area contributed by atoms with E-state index >= 15 is 8.78 Å². The molecule has 0 saturated carbocycles. The van der Waals surface area contributed by atoms with Crippen LogP contribution >= 0.6 is 0 Å². The summed E-state index contributed by atoms with van der Waals surface area (Å²) in [5.74, 6) is -1.79. The topological polar surface area (TPSA) is 45.2 Å². The summed E-state index contributed by atoms with van der Waals surface area (Å²) in [7, 11) is 2.01. The van der Waals surface area contributed by atoms with Gasteiger partial charge in [-0.05, 0) is 87.7 Å². The minimum Gasteiger partial charge on any atom is -0.334 e. The Morgan fingerprint density at radius 1 is 0.683 bits per heavy atom. The minimum absolute atomic E-state index is 0.0245. The number of rotatable bonds is 11. The second kappa shape index (κ2) is 18.2. The Kier molecular flexibility index (Phi) is 11.8. The Hall–Kier alpha value is -7.51. The fourth-order valence-corrected chi connectivity index (χ4v) is 8.22. The van der Waals surface area contributed by atoms with Crippen molar-refractivity contribution in [3.63, 3.8) is 0 Å². The van der Waals surface area contributed by atoms with E-state index in [2.05, 4.69) is 90.7 Å². The van der Waals surface area contributed by atoms with Crippen LogP contribution in [0.4, 0.5) is 8.78 Å². The van der Waals surface area contributed by atoms with E-state index in [4.69, 9.17) is 15.0 Å². The highest BCUT2D eigenvalue weighted by molar-refractivity contribution is 6.12. The maximum atomic E-state index is 15.9. The molecule has 1 aliphatic carbocycles. The zero-order valence-corrected chi connectivity index (χ0v) is 35.3. The molecule has 0 bridgehead atoms. The highest BCUT2D eigenvalue weighted by atomic mass is 19.3. The van der Waals surface area contributed by atoms with Gasteiger partial charge in [-0.25, -0.2) is 9.98 Å². The third kappa shape index (κ3) is 8.95. The lowest BCUT2D eigenvalue weighted by atomic mass is 9.96. The SMILES string of the molecule is CC/C(=N\C(=N/CC/C=C\C1=CC(F)(F)c2cc(C3=CC(c4ccc(-c5ccccc5)cc4)N(C)C(n4cccc4)=N3)ccc21)c1ccccc1)c1ccc(-c2ccccc2)cc1. The lowest BCUT2D eigenvalue weighted by Gasteiger charge is -2.33. The Labute approximate surface area is 368 Å². The number of benzene rings is 6.